The Morgan fingerprint density at radius 1 is 1.21 bits per heavy atom. The lowest BCUT2D eigenvalue weighted by Crippen LogP contribution is -2.13. The number of hydrogen-bond donors (Lipinski definition) is 2. The molecule has 0 atom stereocenters. The van der Waals surface area contributed by atoms with E-state index in [2.05, 4.69) is 16.4 Å². The van der Waals surface area contributed by atoms with Gasteiger partial charge in [-0.3, -0.25) is 4.98 Å². The van der Waals surface area contributed by atoms with Gasteiger partial charge in [-0.15, -0.1) is 0 Å². The van der Waals surface area contributed by atoms with E-state index in [-0.39, 0.29) is 0 Å². The molecule has 0 saturated heterocycles. The van der Waals surface area contributed by atoms with Crippen LogP contribution < -0.4 is 11.1 Å². The third-order valence-electron chi connectivity index (χ3n) is 2.11. The molecule has 72 valence electrons. The first kappa shape index (κ1) is 8.97. The Morgan fingerprint density at radius 2 is 2.14 bits per heavy atom. The summed E-state index contributed by atoms with van der Waals surface area (Å²) >= 11 is 0. The van der Waals surface area contributed by atoms with Gasteiger partial charge in [-0.05, 0) is 24.3 Å². The second-order valence-electron chi connectivity index (χ2n) is 3.09. The van der Waals surface area contributed by atoms with Gasteiger partial charge < -0.3 is 11.1 Å². The van der Waals surface area contributed by atoms with Crippen molar-refractivity contribution in [2.45, 2.75) is 0 Å². The molecule has 0 spiro atoms. The lowest BCUT2D eigenvalue weighted by molar-refractivity contribution is 1.03. The highest BCUT2D eigenvalue weighted by Crippen LogP contribution is 2.20. The highest BCUT2D eigenvalue weighted by molar-refractivity contribution is 5.91. The molecule has 3 heteroatoms. The van der Waals surface area contributed by atoms with E-state index in [1.807, 2.05) is 24.3 Å². The maximum atomic E-state index is 5.44. The molecule has 2 aromatic rings. The predicted octanol–water partition coefficient (Wildman–Crippen LogP) is 1.61. The molecule has 0 amide bonds. The molecule has 2 rings (SSSR count). The summed E-state index contributed by atoms with van der Waals surface area (Å²) in [7, 11) is 0. The van der Waals surface area contributed by atoms with Crippen molar-refractivity contribution in [1.82, 2.24) is 4.98 Å². The largest absolute Gasteiger partial charge is 0.383 e. The minimum absolute atomic E-state index is 0.636. The lowest BCUT2D eigenvalue weighted by atomic mass is 10.2. The molecule has 0 bridgehead atoms. The first-order valence-electron chi connectivity index (χ1n) is 4.69. The number of aromatic nitrogens is 1. The molecule has 1 aromatic heterocycles. The molecule has 3 N–H and O–H groups in total. The van der Waals surface area contributed by atoms with Crippen molar-refractivity contribution in [3.8, 4) is 0 Å². The van der Waals surface area contributed by atoms with E-state index in [0.717, 1.165) is 23.1 Å². The monoisotopic (exact) mass is 187 g/mol. The summed E-state index contributed by atoms with van der Waals surface area (Å²) < 4.78 is 0. The number of fused-ring (bicyclic) bond motifs is 1. The van der Waals surface area contributed by atoms with Crippen LogP contribution in [0, 0.1) is 0 Å². The Bertz CT molecular complexity index is 420. The van der Waals surface area contributed by atoms with Crippen molar-refractivity contribution in [3.63, 3.8) is 0 Å². The fourth-order valence-electron chi connectivity index (χ4n) is 1.46. The van der Waals surface area contributed by atoms with Crippen molar-refractivity contribution in [2.75, 3.05) is 18.4 Å². The Morgan fingerprint density at radius 3 is 3.00 bits per heavy atom. The van der Waals surface area contributed by atoms with Gasteiger partial charge in [-0.1, -0.05) is 6.07 Å². The number of nitrogens with zero attached hydrogens (tertiary/aromatic N) is 1. The zero-order chi connectivity index (χ0) is 9.80. The van der Waals surface area contributed by atoms with Crippen molar-refractivity contribution < 1.29 is 0 Å². The highest BCUT2D eigenvalue weighted by Gasteiger charge is 1.98. The molecule has 1 aromatic carbocycles. The summed E-state index contributed by atoms with van der Waals surface area (Å²) in [4.78, 5) is 4.28. The molecule has 0 aliphatic rings. The van der Waals surface area contributed by atoms with Crippen LogP contribution >= 0.6 is 0 Å². The first-order chi connectivity index (χ1) is 6.92. The zero-order valence-electron chi connectivity index (χ0n) is 7.90. The van der Waals surface area contributed by atoms with Crippen molar-refractivity contribution in [3.05, 3.63) is 36.5 Å². The normalized spacial score (nSPS) is 10.4. The van der Waals surface area contributed by atoms with Crippen LogP contribution in [0.3, 0.4) is 0 Å². The fraction of sp³-hybridized carbons (Fsp3) is 0.182. The quantitative estimate of drug-likeness (QED) is 0.767. The van der Waals surface area contributed by atoms with E-state index >= 15 is 0 Å². The van der Waals surface area contributed by atoms with Gasteiger partial charge in [0, 0.05) is 30.4 Å². The number of benzene rings is 1. The van der Waals surface area contributed by atoms with Gasteiger partial charge in [-0.25, -0.2) is 0 Å². The maximum absolute atomic E-state index is 5.44. The van der Waals surface area contributed by atoms with Crippen molar-refractivity contribution in [1.29, 1.82) is 0 Å². The third kappa shape index (κ3) is 1.67. The van der Waals surface area contributed by atoms with Crippen LogP contribution in [0.2, 0.25) is 0 Å². The van der Waals surface area contributed by atoms with Crippen LogP contribution in [0.1, 0.15) is 0 Å². The van der Waals surface area contributed by atoms with E-state index in [1.54, 1.807) is 6.20 Å². The summed E-state index contributed by atoms with van der Waals surface area (Å²) in [5.74, 6) is 0. The molecule has 0 radical (unpaired) electrons. The molecular formula is C11H13N3. The molecule has 0 aliphatic carbocycles. The minimum Gasteiger partial charge on any atom is -0.383 e. The van der Waals surface area contributed by atoms with Crippen LogP contribution in [0.25, 0.3) is 10.9 Å². The van der Waals surface area contributed by atoms with Gasteiger partial charge >= 0.3 is 0 Å². The predicted molar refractivity (Wildman–Crippen MR) is 59.3 cm³/mol. The number of nitrogens with two attached hydrogens (primary N) is 1. The molecular weight excluding hydrogens is 174 g/mol. The molecule has 0 aliphatic heterocycles. The summed E-state index contributed by atoms with van der Waals surface area (Å²) in [5.41, 5.74) is 7.55. The summed E-state index contributed by atoms with van der Waals surface area (Å²) in [6.07, 6.45) is 1.80. The Hall–Kier alpha value is -1.61. The Balaban J connectivity index is 2.43. The van der Waals surface area contributed by atoms with Crippen LogP contribution in [-0.4, -0.2) is 18.1 Å². The van der Waals surface area contributed by atoms with Gasteiger partial charge in [-0.2, -0.15) is 0 Å². The number of rotatable bonds is 3. The SMILES string of the molecule is NCCNc1cccc2ncccc12. The number of anilines is 1. The summed E-state index contributed by atoms with van der Waals surface area (Å²) in [5, 5.41) is 4.41. The maximum Gasteiger partial charge on any atom is 0.0722 e. The second kappa shape index (κ2) is 4.07. The third-order valence-corrected chi connectivity index (χ3v) is 2.11. The topological polar surface area (TPSA) is 50.9 Å². The van der Waals surface area contributed by atoms with Gasteiger partial charge in [0.15, 0.2) is 0 Å². The highest BCUT2D eigenvalue weighted by atomic mass is 14.9. The Kier molecular flexibility index (Phi) is 2.60. The molecule has 0 fully saturated rings. The molecule has 1 heterocycles. The van der Waals surface area contributed by atoms with Gasteiger partial charge in [0.05, 0.1) is 5.52 Å². The minimum atomic E-state index is 0.636. The summed E-state index contributed by atoms with van der Waals surface area (Å²) in [6.45, 7) is 1.42. The lowest BCUT2D eigenvalue weighted by Gasteiger charge is -2.07. The second-order valence-corrected chi connectivity index (χ2v) is 3.09. The van der Waals surface area contributed by atoms with E-state index in [4.69, 9.17) is 5.73 Å². The van der Waals surface area contributed by atoms with Crippen LogP contribution in [-0.2, 0) is 0 Å². The smallest absolute Gasteiger partial charge is 0.0722 e. The fourth-order valence-corrected chi connectivity index (χ4v) is 1.46. The van der Waals surface area contributed by atoms with Gasteiger partial charge in [0.2, 0.25) is 0 Å². The van der Waals surface area contributed by atoms with E-state index in [9.17, 15) is 0 Å². The van der Waals surface area contributed by atoms with Crippen molar-refractivity contribution in [2.24, 2.45) is 5.73 Å². The van der Waals surface area contributed by atoms with E-state index < -0.39 is 0 Å². The number of nitrogens with one attached hydrogen (secondary N) is 1. The number of pyridine rings is 1. The van der Waals surface area contributed by atoms with E-state index in [0.29, 0.717) is 6.54 Å². The van der Waals surface area contributed by atoms with Gasteiger partial charge in [0.1, 0.15) is 0 Å². The van der Waals surface area contributed by atoms with E-state index in [1.165, 1.54) is 0 Å². The molecule has 0 saturated carbocycles. The van der Waals surface area contributed by atoms with Crippen LogP contribution in [0.15, 0.2) is 36.5 Å². The average Bonchev–Trinajstić information content (AvgIpc) is 2.26. The zero-order valence-corrected chi connectivity index (χ0v) is 7.90. The molecule has 3 nitrogen and oxygen atoms in total. The number of hydrogen-bond acceptors (Lipinski definition) is 3. The standard InChI is InChI=1S/C11H13N3/c12-6-8-14-11-5-1-4-10-9(11)3-2-7-13-10/h1-5,7,14H,6,8,12H2. The molecule has 0 unspecified atom stereocenters. The summed E-state index contributed by atoms with van der Waals surface area (Å²) in [6, 6.07) is 10.0. The Labute approximate surface area is 83.0 Å². The first-order valence-corrected chi connectivity index (χ1v) is 4.69. The van der Waals surface area contributed by atoms with Crippen LogP contribution in [0.4, 0.5) is 5.69 Å². The molecule has 14 heavy (non-hydrogen) atoms. The van der Waals surface area contributed by atoms with Gasteiger partial charge in [0.25, 0.3) is 0 Å². The van der Waals surface area contributed by atoms with Crippen molar-refractivity contribution >= 4 is 16.6 Å². The van der Waals surface area contributed by atoms with Crippen LogP contribution in [0.5, 0.6) is 0 Å². The average molecular weight is 187 g/mol.